The van der Waals surface area contributed by atoms with E-state index in [9.17, 15) is 4.79 Å². The Morgan fingerprint density at radius 1 is 1.05 bits per heavy atom. The van der Waals surface area contributed by atoms with Crippen LogP contribution in [0, 0.1) is 13.8 Å². The van der Waals surface area contributed by atoms with E-state index < -0.39 is 0 Å². The number of hydrogen-bond donors (Lipinski definition) is 1. The number of aromatic amines is 1. The van der Waals surface area contributed by atoms with Gasteiger partial charge < -0.3 is 9.40 Å². The maximum absolute atomic E-state index is 13.2. The van der Waals surface area contributed by atoms with E-state index >= 15 is 0 Å². The molecule has 0 spiro atoms. The van der Waals surface area contributed by atoms with E-state index in [-0.39, 0.29) is 11.6 Å². The molecule has 8 nitrogen and oxygen atoms in total. The first-order chi connectivity index (χ1) is 18.0. The van der Waals surface area contributed by atoms with Crippen LogP contribution in [0.25, 0.3) is 10.9 Å². The highest BCUT2D eigenvalue weighted by molar-refractivity contribution is 5.83. The predicted octanol–water partition coefficient (Wildman–Crippen LogP) is 5.12. The highest BCUT2D eigenvalue weighted by Crippen LogP contribution is 2.27. The number of aromatic nitrogens is 5. The first kappa shape index (κ1) is 24.6. The van der Waals surface area contributed by atoms with Gasteiger partial charge in [0.1, 0.15) is 5.76 Å². The van der Waals surface area contributed by atoms with Crippen LogP contribution in [0.3, 0.4) is 0 Å². The Morgan fingerprint density at radius 3 is 2.65 bits per heavy atom. The summed E-state index contributed by atoms with van der Waals surface area (Å²) in [6.45, 7) is 7.85. The van der Waals surface area contributed by atoms with E-state index in [1.165, 1.54) is 5.56 Å². The summed E-state index contributed by atoms with van der Waals surface area (Å²) in [4.78, 5) is 18.6. The van der Waals surface area contributed by atoms with Gasteiger partial charge in [-0.2, -0.15) is 0 Å². The first-order valence-electron chi connectivity index (χ1n) is 12.7. The van der Waals surface area contributed by atoms with Gasteiger partial charge in [-0.25, -0.2) is 4.68 Å². The molecule has 0 aliphatic carbocycles. The molecule has 0 amide bonds. The number of fused-ring (bicyclic) bond motifs is 1. The molecule has 0 aliphatic rings. The van der Waals surface area contributed by atoms with Gasteiger partial charge in [0.05, 0.1) is 24.4 Å². The molecule has 37 heavy (non-hydrogen) atoms. The number of pyridine rings is 1. The quantitative estimate of drug-likeness (QED) is 0.288. The second-order valence-corrected chi connectivity index (χ2v) is 9.50. The Morgan fingerprint density at radius 2 is 1.89 bits per heavy atom. The monoisotopic (exact) mass is 496 g/mol. The van der Waals surface area contributed by atoms with Crippen molar-refractivity contribution in [2.24, 2.45) is 0 Å². The molecule has 1 N–H and O–H groups in total. The van der Waals surface area contributed by atoms with Crippen molar-refractivity contribution < 1.29 is 4.42 Å². The minimum absolute atomic E-state index is 0.0795. The number of tetrazole rings is 1. The number of H-pyrrole nitrogens is 1. The largest absolute Gasteiger partial charge is 0.468 e. The van der Waals surface area contributed by atoms with Crippen LogP contribution in [0.2, 0.25) is 0 Å². The van der Waals surface area contributed by atoms with E-state index in [2.05, 4.69) is 63.5 Å². The number of benzene rings is 2. The normalized spacial score (nSPS) is 12.4. The Balaban J connectivity index is 1.47. The van der Waals surface area contributed by atoms with E-state index in [0.717, 1.165) is 46.5 Å². The van der Waals surface area contributed by atoms with Gasteiger partial charge >= 0.3 is 0 Å². The van der Waals surface area contributed by atoms with Crippen molar-refractivity contribution >= 4 is 10.9 Å². The lowest BCUT2D eigenvalue weighted by Gasteiger charge is -2.29. The van der Waals surface area contributed by atoms with Gasteiger partial charge in [-0.3, -0.25) is 9.69 Å². The molecule has 3 heterocycles. The van der Waals surface area contributed by atoms with Crippen molar-refractivity contribution in [3.8, 4) is 0 Å². The van der Waals surface area contributed by atoms with Gasteiger partial charge in [0.2, 0.25) is 0 Å². The fourth-order valence-electron chi connectivity index (χ4n) is 4.88. The number of aryl methyl sites for hydroxylation is 4. The van der Waals surface area contributed by atoms with Gasteiger partial charge in [-0.1, -0.05) is 49.4 Å². The number of nitrogens with zero attached hydrogens (tertiary/aromatic N) is 5. The maximum atomic E-state index is 13.2. The molecule has 0 aliphatic heterocycles. The van der Waals surface area contributed by atoms with Gasteiger partial charge in [0.25, 0.3) is 5.56 Å². The van der Waals surface area contributed by atoms with Crippen LogP contribution in [0.15, 0.2) is 76.1 Å². The molecular weight excluding hydrogens is 464 g/mol. The Kier molecular flexibility index (Phi) is 7.28. The molecule has 0 radical (unpaired) electrons. The molecule has 5 aromatic rings. The van der Waals surface area contributed by atoms with Crippen molar-refractivity contribution in [3.63, 3.8) is 0 Å². The van der Waals surface area contributed by atoms with Gasteiger partial charge in [-0.15, -0.1) is 5.10 Å². The first-order valence-corrected chi connectivity index (χ1v) is 12.7. The van der Waals surface area contributed by atoms with Crippen LogP contribution in [0.5, 0.6) is 0 Å². The Labute approximate surface area is 215 Å². The SMILES string of the molecule is CC[C@@H](c1nnnn1CCc1ccccc1)N(Cc1ccco1)Cc1cc2ccc(C)c(C)c2[nH]c1=O. The molecule has 5 rings (SSSR count). The smallest absolute Gasteiger partial charge is 0.252 e. The summed E-state index contributed by atoms with van der Waals surface area (Å²) in [5.41, 5.74) is 5.00. The minimum Gasteiger partial charge on any atom is -0.468 e. The molecular formula is C29H32N6O2. The van der Waals surface area contributed by atoms with E-state index in [1.54, 1.807) is 6.26 Å². The summed E-state index contributed by atoms with van der Waals surface area (Å²) >= 11 is 0. The van der Waals surface area contributed by atoms with Crippen LogP contribution in [-0.2, 0) is 26.1 Å². The van der Waals surface area contributed by atoms with Crippen LogP contribution < -0.4 is 5.56 Å². The molecule has 8 heteroatoms. The molecule has 0 saturated carbocycles. The Bertz CT molecular complexity index is 1520. The second-order valence-electron chi connectivity index (χ2n) is 9.50. The Hall–Kier alpha value is -4.04. The lowest BCUT2D eigenvalue weighted by Crippen LogP contribution is -2.32. The van der Waals surface area contributed by atoms with Gasteiger partial charge in [0, 0.05) is 18.7 Å². The fourth-order valence-corrected chi connectivity index (χ4v) is 4.88. The topological polar surface area (TPSA) is 92.8 Å². The predicted molar refractivity (Wildman–Crippen MR) is 143 cm³/mol. The van der Waals surface area contributed by atoms with Crippen molar-refractivity contribution in [1.82, 2.24) is 30.1 Å². The van der Waals surface area contributed by atoms with Crippen LogP contribution in [0.1, 0.15) is 53.2 Å². The average molecular weight is 497 g/mol. The summed E-state index contributed by atoms with van der Waals surface area (Å²) < 4.78 is 7.57. The second kappa shape index (κ2) is 10.9. The molecule has 0 saturated heterocycles. The number of nitrogens with one attached hydrogen (secondary N) is 1. The van der Waals surface area contributed by atoms with Crippen molar-refractivity contribution in [2.45, 2.75) is 59.3 Å². The summed E-state index contributed by atoms with van der Waals surface area (Å²) in [6.07, 6.45) is 3.28. The molecule has 0 unspecified atom stereocenters. The van der Waals surface area contributed by atoms with Crippen LogP contribution >= 0.6 is 0 Å². The molecule has 2 aromatic carbocycles. The summed E-state index contributed by atoms with van der Waals surface area (Å²) in [7, 11) is 0. The summed E-state index contributed by atoms with van der Waals surface area (Å²) in [5.74, 6) is 1.61. The zero-order valence-electron chi connectivity index (χ0n) is 21.5. The third-order valence-electron chi connectivity index (χ3n) is 7.08. The fraction of sp³-hybridized carbons (Fsp3) is 0.310. The zero-order chi connectivity index (χ0) is 25.8. The van der Waals surface area contributed by atoms with Gasteiger partial charge in [-0.05, 0) is 77.4 Å². The number of hydrogen-bond acceptors (Lipinski definition) is 6. The molecule has 0 fully saturated rings. The lowest BCUT2D eigenvalue weighted by molar-refractivity contribution is 0.148. The van der Waals surface area contributed by atoms with Crippen LogP contribution in [-0.4, -0.2) is 30.1 Å². The van der Waals surface area contributed by atoms with E-state index in [0.29, 0.717) is 25.2 Å². The number of rotatable bonds is 10. The maximum Gasteiger partial charge on any atom is 0.252 e. The van der Waals surface area contributed by atoms with E-state index in [4.69, 9.17) is 4.42 Å². The summed E-state index contributed by atoms with van der Waals surface area (Å²) in [5, 5.41) is 13.8. The van der Waals surface area contributed by atoms with Crippen molar-refractivity contribution in [3.05, 3.63) is 111 Å². The molecule has 1 atom stereocenters. The third kappa shape index (κ3) is 5.39. The average Bonchev–Trinajstić information content (AvgIpc) is 3.59. The van der Waals surface area contributed by atoms with Crippen LogP contribution in [0.4, 0.5) is 0 Å². The highest BCUT2D eigenvalue weighted by Gasteiger charge is 2.26. The molecule has 3 aromatic heterocycles. The molecule has 0 bridgehead atoms. The lowest BCUT2D eigenvalue weighted by atomic mass is 10.0. The highest BCUT2D eigenvalue weighted by atomic mass is 16.3. The van der Waals surface area contributed by atoms with E-state index in [1.807, 2.05) is 48.0 Å². The van der Waals surface area contributed by atoms with Crippen molar-refractivity contribution in [2.75, 3.05) is 0 Å². The third-order valence-corrected chi connectivity index (χ3v) is 7.08. The number of furan rings is 1. The van der Waals surface area contributed by atoms with Crippen molar-refractivity contribution in [1.29, 1.82) is 0 Å². The standard InChI is InChI=1S/C29H32N6O2/c1-4-26(28-31-32-33-35(28)15-14-22-9-6-5-7-10-22)34(19-25-11-8-16-37-25)18-24-17-23-13-12-20(2)21(3)27(23)30-29(24)36/h5-13,16-17,26H,4,14-15,18-19H2,1-3H3,(H,30,36)/t26-/m0/s1. The molecule has 190 valence electrons. The zero-order valence-corrected chi connectivity index (χ0v) is 21.5. The van der Waals surface area contributed by atoms with Gasteiger partial charge in [0.15, 0.2) is 5.82 Å². The minimum atomic E-state index is -0.106. The summed E-state index contributed by atoms with van der Waals surface area (Å²) in [6, 6.07) is 20.2.